The Bertz CT molecular complexity index is 1180. The highest BCUT2D eigenvalue weighted by Crippen LogP contribution is 2.36. The summed E-state index contributed by atoms with van der Waals surface area (Å²) in [5.41, 5.74) is 6.37. The number of carbonyl (C=O) groups is 1. The summed E-state index contributed by atoms with van der Waals surface area (Å²) in [7, 11) is 0. The lowest BCUT2D eigenvalue weighted by Crippen LogP contribution is -2.48. The minimum Gasteiger partial charge on any atom is -0.486 e. The van der Waals surface area contributed by atoms with Gasteiger partial charge in [-0.2, -0.15) is 10.4 Å². The van der Waals surface area contributed by atoms with Gasteiger partial charge in [0.2, 0.25) is 0 Å². The van der Waals surface area contributed by atoms with Crippen LogP contribution in [0.1, 0.15) is 51.4 Å². The number of carbonyl (C=O) groups excluding carboxylic acids is 1. The Kier molecular flexibility index (Phi) is 4.74. The molecule has 1 aromatic heterocycles. The molecule has 1 aliphatic heterocycles. The van der Waals surface area contributed by atoms with Crippen molar-refractivity contribution in [2.45, 2.75) is 38.7 Å². The van der Waals surface area contributed by atoms with Gasteiger partial charge >= 0.3 is 0 Å². The maximum atomic E-state index is 13.3. The van der Waals surface area contributed by atoms with Crippen molar-refractivity contribution >= 4 is 5.91 Å². The topological polar surface area (TPSA) is 82.0 Å². The van der Waals surface area contributed by atoms with E-state index in [1.807, 2.05) is 49.1 Å². The third-order valence-corrected chi connectivity index (χ3v) is 6.17. The summed E-state index contributed by atoms with van der Waals surface area (Å²) in [6.07, 6.45) is 4.16. The molecule has 5 rings (SSSR count). The Balaban J connectivity index is 1.35. The largest absolute Gasteiger partial charge is 0.486 e. The van der Waals surface area contributed by atoms with Crippen molar-refractivity contribution in [3.05, 3.63) is 70.4 Å². The maximum absolute atomic E-state index is 13.3. The molecule has 0 unspecified atom stereocenters. The molecular weight excluding hydrogens is 388 g/mol. The number of likely N-dealkylation sites (tertiary alicyclic amines) is 1. The van der Waals surface area contributed by atoms with Crippen LogP contribution in [0.5, 0.6) is 5.75 Å². The summed E-state index contributed by atoms with van der Waals surface area (Å²) in [4.78, 5) is 15.1. The van der Waals surface area contributed by atoms with E-state index < -0.39 is 0 Å². The molecular formula is C25H24N4O2. The number of nitrogens with one attached hydrogen (secondary N) is 1. The van der Waals surface area contributed by atoms with Gasteiger partial charge in [-0.05, 0) is 61.6 Å². The normalized spacial score (nSPS) is 16.0. The molecule has 1 saturated carbocycles. The minimum absolute atomic E-state index is 0.0489. The van der Waals surface area contributed by atoms with Crippen molar-refractivity contribution in [1.29, 1.82) is 5.26 Å². The third kappa shape index (κ3) is 3.68. The van der Waals surface area contributed by atoms with E-state index in [1.54, 1.807) is 6.20 Å². The number of aromatic amines is 1. The second kappa shape index (κ2) is 7.59. The first kappa shape index (κ1) is 19.4. The number of nitrogens with zero attached hydrogens (tertiary/aromatic N) is 3. The van der Waals surface area contributed by atoms with Crippen molar-refractivity contribution in [2.75, 3.05) is 13.1 Å². The minimum atomic E-state index is 0.0489. The highest BCUT2D eigenvalue weighted by Gasteiger charge is 2.33. The predicted molar refractivity (Wildman–Crippen MR) is 117 cm³/mol. The highest BCUT2D eigenvalue weighted by molar-refractivity contribution is 5.98. The van der Waals surface area contributed by atoms with E-state index in [-0.39, 0.29) is 12.0 Å². The molecule has 1 amide bonds. The number of hydrogen-bond acceptors (Lipinski definition) is 4. The van der Waals surface area contributed by atoms with E-state index in [0.717, 1.165) is 41.0 Å². The molecule has 2 fully saturated rings. The van der Waals surface area contributed by atoms with Gasteiger partial charge in [0.1, 0.15) is 5.69 Å². The van der Waals surface area contributed by atoms with Crippen LogP contribution in [0.4, 0.5) is 0 Å². The van der Waals surface area contributed by atoms with Crippen LogP contribution in [0.25, 0.3) is 11.3 Å². The fourth-order valence-electron chi connectivity index (χ4n) is 4.13. The zero-order valence-corrected chi connectivity index (χ0v) is 17.7. The van der Waals surface area contributed by atoms with Crippen LogP contribution in [-0.2, 0) is 0 Å². The van der Waals surface area contributed by atoms with Crippen LogP contribution in [0.2, 0.25) is 0 Å². The van der Waals surface area contributed by atoms with Crippen LogP contribution in [0, 0.1) is 25.2 Å². The molecule has 2 aromatic carbocycles. The van der Waals surface area contributed by atoms with Crippen molar-refractivity contribution < 1.29 is 9.53 Å². The molecule has 2 aliphatic rings. The van der Waals surface area contributed by atoms with Gasteiger partial charge in [-0.15, -0.1) is 0 Å². The van der Waals surface area contributed by atoms with E-state index in [4.69, 9.17) is 10.00 Å². The number of ether oxygens (including phenoxy) is 1. The smallest absolute Gasteiger partial charge is 0.254 e. The Labute approximate surface area is 181 Å². The maximum Gasteiger partial charge on any atom is 0.254 e. The standard InChI is InChI=1S/C25H24N4O2/c1-15-9-16(2)22(10-21(15)24-23(12-27-28-24)31-20-7-8-20)25(30)29-13-19(14-29)18-5-3-17(11-26)4-6-18/h3-6,9-10,12,19-20H,7-8,13-14H2,1-2H3,(H,27,28). The Hall–Kier alpha value is -3.59. The number of nitriles is 1. The number of H-pyrrole nitrogens is 1. The quantitative estimate of drug-likeness (QED) is 0.676. The first-order valence-corrected chi connectivity index (χ1v) is 10.6. The number of aromatic nitrogens is 2. The summed E-state index contributed by atoms with van der Waals surface area (Å²) in [5.74, 6) is 1.11. The van der Waals surface area contributed by atoms with E-state index >= 15 is 0 Å². The van der Waals surface area contributed by atoms with Crippen LogP contribution in [-0.4, -0.2) is 40.2 Å². The molecule has 0 spiro atoms. The second-order valence-corrected chi connectivity index (χ2v) is 8.55. The van der Waals surface area contributed by atoms with E-state index in [0.29, 0.717) is 30.1 Å². The highest BCUT2D eigenvalue weighted by atomic mass is 16.5. The zero-order valence-electron chi connectivity index (χ0n) is 17.7. The van der Waals surface area contributed by atoms with Gasteiger partial charge < -0.3 is 9.64 Å². The van der Waals surface area contributed by atoms with Crippen molar-refractivity contribution in [3.63, 3.8) is 0 Å². The molecule has 156 valence electrons. The van der Waals surface area contributed by atoms with Gasteiger partial charge in [-0.3, -0.25) is 9.89 Å². The SMILES string of the molecule is Cc1cc(C)c(-c2[nH]ncc2OC2CC2)cc1C(=O)N1CC(c2ccc(C#N)cc2)C1. The first-order chi connectivity index (χ1) is 15.0. The number of rotatable bonds is 5. The first-order valence-electron chi connectivity index (χ1n) is 10.6. The number of aryl methyl sites for hydroxylation is 2. The third-order valence-electron chi connectivity index (χ3n) is 6.17. The van der Waals surface area contributed by atoms with E-state index in [9.17, 15) is 4.79 Å². The van der Waals surface area contributed by atoms with Gasteiger partial charge in [-0.25, -0.2) is 0 Å². The summed E-state index contributed by atoms with van der Waals surface area (Å²) in [6.45, 7) is 5.40. The summed E-state index contributed by atoms with van der Waals surface area (Å²) in [5, 5.41) is 16.2. The Morgan fingerprint density at radius 2 is 1.90 bits per heavy atom. The van der Waals surface area contributed by atoms with Crippen molar-refractivity contribution in [2.24, 2.45) is 0 Å². The zero-order chi connectivity index (χ0) is 21.5. The monoisotopic (exact) mass is 412 g/mol. The molecule has 0 atom stereocenters. The van der Waals surface area contributed by atoms with Crippen LogP contribution in [0.3, 0.4) is 0 Å². The second-order valence-electron chi connectivity index (χ2n) is 8.55. The molecule has 2 heterocycles. The fraction of sp³-hybridized carbons (Fsp3) is 0.320. The number of amides is 1. The number of hydrogen-bond donors (Lipinski definition) is 1. The van der Waals surface area contributed by atoms with Gasteiger partial charge in [0.15, 0.2) is 5.75 Å². The van der Waals surface area contributed by atoms with Crippen LogP contribution < -0.4 is 4.74 Å². The van der Waals surface area contributed by atoms with Crippen molar-refractivity contribution in [1.82, 2.24) is 15.1 Å². The number of benzene rings is 2. The lowest BCUT2D eigenvalue weighted by molar-refractivity contribution is 0.0601. The van der Waals surface area contributed by atoms with E-state index in [1.165, 1.54) is 5.56 Å². The Morgan fingerprint density at radius 1 is 1.16 bits per heavy atom. The fourth-order valence-corrected chi connectivity index (χ4v) is 4.13. The van der Waals surface area contributed by atoms with Gasteiger partial charge in [0, 0.05) is 30.1 Å². The summed E-state index contributed by atoms with van der Waals surface area (Å²) >= 11 is 0. The molecule has 6 nitrogen and oxygen atoms in total. The average molecular weight is 412 g/mol. The lowest BCUT2D eigenvalue weighted by Gasteiger charge is -2.40. The van der Waals surface area contributed by atoms with Gasteiger partial charge in [-0.1, -0.05) is 18.2 Å². The van der Waals surface area contributed by atoms with Crippen LogP contribution >= 0.6 is 0 Å². The van der Waals surface area contributed by atoms with Crippen LogP contribution in [0.15, 0.2) is 42.6 Å². The molecule has 31 heavy (non-hydrogen) atoms. The molecule has 1 saturated heterocycles. The average Bonchev–Trinajstić information content (AvgIpc) is 3.43. The molecule has 1 aliphatic carbocycles. The predicted octanol–water partition coefficient (Wildman–Crippen LogP) is 4.35. The summed E-state index contributed by atoms with van der Waals surface area (Å²) in [6, 6.07) is 13.8. The van der Waals surface area contributed by atoms with Crippen molar-refractivity contribution in [3.8, 4) is 23.1 Å². The van der Waals surface area contributed by atoms with Gasteiger partial charge in [0.05, 0.1) is 23.9 Å². The molecule has 3 aromatic rings. The Morgan fingerprint density at radius 3 is 2.58 bits per heavy atom. The van der Waals surface area contributed by atoms with Gasteiger partial charge in [0.25, 0.3) is 5.91 Å². The molecule has 1 N–H and O–H groups in total. The molecule has 6 heteroatoms. The van der Waals surface area contributed by atoms with E-state index in [2.05, 4.69) is 22.3 Å². The molecule has 0 radical (unpaired) electrons. The lowest BCUT2D eigenvalue weighted by atomic mass is 9.89. The molecule has 0 bridgehead atoms. The summed E-state index contributed by atoms with van der Waals surface area (Å²) < 4.78 is 5.99.